The molecule has 1 aromatic carbocycles. The van der Waals surface area contributed by atoms with Crippen molar-refractivity contribution < 1.29 is 9.59 Å². The number of carbonyl (C=O) groups is 2. The smallest absolute Gasteiger partial charge is 0.254 e. The quantitative estimate of drug-likeness (QED) is 0.813. The fraction of sp³-hybridized carbons (Fsp3) is 0.500. The van der Waals surface area contributed by atoms with Crippen molar-refractivity contribution in [1.82, 2.24) is 24.6 Å². The van der Waals surface area contributed by atoms with Gasteiger partial charge >= 0.3 is 0 Å². The Bertz CT molecular complexity index is 804. The molecule has 0 saturated carbocycles. The second-order valence-corrected chi connectivity index (χ2v) is 7.34. The van der Waals surface area contributed by atoms with E-state index in [1.54, 1.807) is 17.2 Å². The van der Waals surface area contributed by atoms with Gasteiger partial charge in [-0.15, -0.1) is 10.2 Å². The summed E-state index contributed by atoms with van der Waals surface area (Å²) in [5.74, 6) is 0.327. The minimum atomic E-state index is 0.0716. The molecule has 2 aliphatic rings. The average molecular weight is 367 g/mol. The normalized spacial score (nSPS) is 20.3. The molecule has 1 aromatic heterocycles. The van der Waals surface area contributed by atoms with Gasteiger partial charge in [-0.2, -0.15) is 0 Å². The van der Waals surface area contributed by atoms with Crippen molar-refractivity contribution in [3.63, 3.8) is 0 Å². The summed E-state index contributed by atoms with van der Waals surface area (Å²) < 4.78 is 1.80. The van der Waals surface area contributed by atoms with Gasteiger partial charge in [-0.05, 0) is 50.3 Å². The Morgan fingerprint density at radius 3 is 2.74 bits per heavy atom. The first kappa shape index (κ1) is 17.7. The van der Waals surface area contributed by atoms with Crippen LogP contribution in [0.15, 0.2) is 36.9 Å². The number of piperidine rings is 1. The molecule has 0 spiro atoms. The van der Waals surface area contributed by atoms with E-state index < -0.39 is 0 Å². The van der Waals surface area contributed by atoms with Crippen molar-refractivity contribution in [2.45, 2.75) is 44.6 Å². The number of benzene rings is 1. The summed E-state index contributed by atoms with van der Waals surface area (Å²) in [5, 5.41) is 7.66. The van der Waals surface area contributed by atoms with Crippen LogP contribution in [0.5, 0.6) is 0 Å². The van der Waals surface area contributed by atoms with Crippen LogP contribution in [0.25, 0.3) is 5.69 Å². The van der Waals surface area contributed by atoms with Crippen LogP contribution in [0.1, 0.15) is 48.9 Å². The highest BCUT2D eigenvalue weighted by atomic mass is 16.2. The Balaban J connectivity index is 1.47. The fourth-order valence-corrected chi connectivity index (χ4v) is 4.11. The van der Waals surface area contributed by atoms with Crippen LogP contribution in [0.4, 0.5) is 0 Å². The molecule has 2 fully saturated rings. The molecule has 27 heavy (non-hydrogen) atoms. The van der Waals surface area contributed by atoms with Gasteiger partial charge in [-0.3, -0.25) is 14.2 Å². The largest absolute Gasteiger partial charge is 0.343 e. The molecular formula is C20H25N5O2. The van der Waals surface area contributed by atoms with Crippen LogP contribution in [-0.2, 0) is 4.79 Å². The molecule has 0 bridgehead atoms. The molecule has 7 nitrogen and oxygen atoms in total. The van der Waals surface area contributed by atoms with Gasteiger partial charge < -0.3 is 9.80 Å². The minimum absolute atomic E-state index is 0.0716. The number of hydrogen-bond donors (Lipinski definition) is 0. The van der Waals surface area contributed by atoms with E-state index in [1.807, 2.05) is 34.1 Å². The van der Waals surface area contributed by atoms with Gasteiger partial charge in [0, 0.05) is 43.3 Å². The highest BCUT2D eigenvalue weighted by Gasteiger charge is 2.29. The van der Waals surface area contributed by atoms with Gasteiger partial charge in [-0.25, -0.2) is 0 Å². The number of aromatic nitrogens is 3. The van der Waals surface area contributed by atoms with Crippen LogP contribution in [0, 0.1) is 0 Å². The number of rotatable bonds is 5. The molecule has 7 heteroatoms. The maximum Gasteiger partial charge on any atom is 0.254 e. The maximum atomic E-state index is 13.2. The number of amides is 2. The Hall–Kier alpha value is -2.70. The van der Waals surface area contributed by atoms with E-state index in [9.17, 15) is 9.59 Å². The predicted octanol–water partition coefficient (Wildman–Crippen LogP) is 2.27. The third kappa shape index (κ3) is 3.86. The standard InChI is InChI=1S/C20H25N5O2/c26-19-8-4-10-23(19)12-9-17-6-1-2-11-25(17)20(27)16-5-3-7-18(13-16)24-14-21-22-15-24/h3,5,7,13-15,17H,1-2,4,6,8-12H2. The monoisotopic (exact) mass is 367 g/mol. The predicted molar refractivity (Wildman–Crippen MR) is 100 cm³/mol. The first-order valence-corrected chi connectivity index (χ1v) is 9.76. The molecule has 2 amide bonds. The third-order valence-corrected chi connectivity index (χ3v) is 5.60. The van der Waals surface area contributed by atoms with Crippen LogP contribution in [0.3, 0.4) is 0 Å². The second kappa shape index (κ2) is 7.90. The molecule has 2 aliphatic heterocycles. The molecule has 0 aliphatic carbocycles. The summed E-state index contributed by atoms with van der Waals surface area (Å²) in [5.41, 5.74) is 1.56. The van der Waals surface area contributed by atoms with Gasteiger partial charge in [0.05, 0.1) is 0 Å². The fourth-order valence-electron chi connectivity index (χ4n) is 4.11. The summed E-state index contributed by atoms with van der Waals surface area (Å²) in [4.78, 5) is 29.0. The zero-order chi connectivity index (χ0) is 18.6. The first-order chi connectivity index (χ1) is 13.2. The van der Waals surface area contributed by atoms with Gasteiger partial charge in [0.25, 0.3) is 5.91 Å². The molecule has 4 rings (SSSR count). The number of carbonyl (C=O) groups excluding carboxylic acids is 2. The topological polar surface area (TPSA) is 71.3 Å². The summed E-state index contributed by atoms with van der Waals surface area (Å²) in [6.45, 7) is 2.41. The van der Waals surface area contributed by atoms with Crippen molar-refractivity contribution in [3.05, 3.63) is 42.5 Å². The summed E-state index contributed by atoms with van der Waals surface area (Å²) >= 11 is 0. The van der Waals surface area contributed by atoms with E-state index in [0.717, 1.165) is 57.4 Å². The van der Waals surface area contributed by atoms with Crippen LogP contribution >= 0.6 is 0 Å². The molecule has 2 saturated heterocycles. The van der Waals surface area contributed by atoms with Crippen LogP contribution < -0.4 is 0 Å². The highest BCUT2D eigenvalue weighted by Crippen LogP contribution is 2.24. The summed E-state index contributed by atoms with van der Waals surface area (Å²) in [6.07, 6.45) is 8.94. The number of nitrogens with zero attached hydrogens (tertiary/aromatic N) is 5. The first-order valence-electron chi connectivity index (χ1n) is 9.76. The Morgan fingerprint density at radius 1 is 1.11 bits per heavy atom. The van der Waals surface area contributed by atoms with Crippen molar-refractivity contribution >= 4 is 11.8 Å². The lowest BCUT2D eigenvalue weighted by Crippen LogP contribution is -2.45. The maximum absolute atomic E-state index is 13.2. The van der Waals surface area contributed by atoms with Crippen molar-refractivity contribution in [2.75, 3.05) is 19.6 Å². The summed E-state index contributed by atoms with van der Waals surface area (Å²) in [7, 11) is 0. The molecule has 1 unspecified atom stereocenters. The molecule has 0 N–H and O–H groups in total. The number of hydrogen-bond acceptors (Lipinski definition) is 4. The second-order valence-electron chi connectivity index (χ2n) is 7.34. The minimum Gasteiger partial charge on any atom is -0.343 e. The van der Waals surface area contributed by atoms with E-state index in [1.165, 1.54) is 0 Å². The van der Waals surface area contributed by atoms with Gasteiger partial charge in [0.1, 0.15) is 12.7 Å². The van der Waals surface area contributed by atoms with Crippen molar-refractivity contribution in [2.24, 2.45) is 0 Å². The third-order valence-electron chi connectivity index (χ3n) is 5.60. The molecule has 0 radical (unpaired) electrons. The van der Waals surface area contributed by atoms with Gasteiger partial charge in [-0.1, -0.05) is 6.07 Å². The Labute approximate surface area is 159 Å². The molecule has 1 atom stereocenters. The lowest BCUT2D eigenvalue weighted by Gasteiger charge is -2.36. The van der Waals surface area contributed by atoms with E-state index in [0.29, 0.717) is 12.0 Å². The van der Waals surface area contributed by atoms with E-state index in [2.05, 4.69) is 10.2 Å². The zero-order valence-electron chi connectivity index (χ0n) is 15.5. The Kier molecular flexibility index (Phi) is 5.18. The van der Waals surface area contributed by atoms with E-state index in [-0.39, 0.29) is 17.9 Å². The SMILES string of the molecule is O=C1CCCN1CCC1CCCCN1C(=O)c1cccc(-n2cnnc2)c1. The lowest BCUT2D eigenvalue weighted by molar-refractivity contribution is -0.127. The van der Waals surface area contributed by atoms with Crippen LogP contribution in [-0.4, -0.2) is 62.1 Å². The van der Waals surface area contributed by atoms with Gasteiger partial charge in [0.2, 0.25) is 5.91 Å². The van der Waals surface area contributed by atoms with Crippen LogP contribution in [0.2, 0.25) is 0 Å². The molecule has 142 valence electrons. The lowest BCUT2D eigenvalue weighted by atomic mass is 9.97. The van der Waals surface area contributed by atoms with E-state index in [4.69, 9.17) is 0 Å². The van der Waals surface area contributed by atoms with E-state index >= 15 is 0 Å². The Morgan fingerprint density at radius 2 is 1.96 bits per heavy atom. The average Bonchev–Trinajstić information content (AvgIpc) is 3.38. The highest BCUT2D eigenvalue weighted by molar-refractivity contribution is 5.95. The molecular weight excluding hydrogens is 342 g/mol. The summed E-state index contributed by atoms with van der Waals surface area (Å²) in [6, 6.07) is 7.79. The van der Waals surface area contributed by atoms with Crippen molar-refractivity contribution in [3.8, 4) is 5.69 Å². The zero-order valence-corrected chi connectivity index (χ0v) is 15.5. The molecule has 3 heterocycles. The van der Waals surface area contributed by atoms with Crippen molar-refractivity contribution in [1.29, 1.82) is 0 Å². The van der Waals surface area contributed by atoms with Gasteiger partial charge in [0.15, 0.2) is 0 Å². The number of likely N-dealkylation sites (tertiary alicyclic amines) is 2. The molecule has 2 aromatic rings.